The maximum absolute atomic E-state index is 12.1. The normalized spacial score (nSPS) is 11.2. The van der Waals surface area contributed by atoms with Gasteiger partial charge in [0.25, 0.3) is 5.24 Å². The van der Waals surface area contributed by atoms with Gasteiger partial charge in [0.15, 0.2) is 5.75 Å². The fourth-order valence-corrected chi connectivity index (χ4v) is 2.20. The number of alkyl halides is 3. The summed E-state index contributed by atoms with van der Waals surface area (Å²) < 4.78 is 44.6. The first kappa shape index (κ1) is 14.3. The van der Waals surface area contributed by atoms with E-state index in [0.29, 0.717) is 0 Å². The first-order chi connectivity index (χ1) is 7.76. The van der Waals surface area contributed by atoms with Gasteiger partial charge < -0.3 is 9.47 Å². The second-order valence-electron chi connectivity index (χ2n) is 2.64. The summed E-state index contributed by atoms with van der Waals surface area (Å²) >= 11 is 6.79. The SMILES string of the molecule is COc1ncc(OC(F)(F)F)c(C(=O)Cl)c1I. The minimum absolute atomic E-state index is 0.0101. The molecule has 9 heteroatoms. The van der Waals surface area contributed by atoms with Crippen molar-refractivity contribution in [3.63, 3.8) is 0 Å². The molecule has 0 fully saturated rings. The van der Waals surface area contributed by atoms with Crippen LogP contribution in [-0.4, -0.2) is 23.7 Å². The zero-order valence-corrected chi connectivity index (χ0v) is 11.1. The van der Waals surface area contributed by atoms with Gasteiger partial charge in [-0.25, -0.2) is 4.98 Å². The van der Waals surface area contributed by atoms with E-state index in [-0.39, 0.29) is 9.45 Å². The van der Waals surface area contributed by atoms with Gasteiger partial charge in [-0.15, -0.1) is 13.2 Å². The molecule has 1 heterocycles. The molecule has 0 spiro atoms. The van der Waals surface area contributed by atoms with Gasteiger partial charge in [0, 0.05) is 0 Å². The minimum Gasteiger partial charge on any atom is -0.480 e. The Hall–Kier alpha value is -0.770. The van der Waals surface area contributed by atoms with Crippen molar-refractivity contribution in [2.24, 2.45) is 0 Å². The molecule has 0 saturated heterocycles. The molecule has 0 unspecified atom stereocenters. The van der Waals surface area contributed by atoms with Crippen LogP contribution in [0.1, 0.15) is 10.4 Å². The van der Waals surface area contributed by atoms with Crippen molar-refractivity contribution in [2.45, 2.75) is 6.36 Å². The van der Waals surface area contributed by atoms with Crippen LogP contribution in [0.15, 0.2) is 6.20 Å². The van der Waals surface area contributed by atoms with E-state index < -0.39 is 22.9 Å². The molecule has 0 bridgehead atoms. The molecule has 0 atom stereocenters. The Morgan fingerprint density at radius 3 is 2.53 bits per heavy atom. The van der Waals surface area contributed by atoms with Gasteiger partial charge in [-0.3, -0.25) is 4.79 Å². The molecule has 0 radical (unpaired) electrons. The van der Waals surface area contributed by atoms with Crippen LogP contribution >= 0.6 is 34.2 Å². The third-order valence-corrected chi connectivity index (χ3v) is 2.76. The van der Waals surface area contributed by atoms with Gasteiger partial charge in [0.05, 0.1) is 22.4 Å². The summed E-state index contributed by atoms with van der Waals surface area (Å²) in [7, 11) is 1.26. The Bertz CT molecular complexity index is 452. The number of hydrogen-bond donors (Lipinski definition) is 0. The molecule has 0 aromatic carbocycles. The summed E-state index contributed by atoms with van der Waals surface area (Å²) in [6.45, 7) is 0. The lowest BCUT2D eigenvalue weighted by molar-refractivity contribution is -0.274. The fraction of sp³-hybridized carbons (Fsp3) is 0.250. The van der Waals surface area contributed by atoms with Crippen LogP contribution in [0, 0.1) is 3.57 Å². The van der Waals surface area contributed by atoms with E-state index in [0.717, 1.165) is 6.20 Å². The molecule has 0 aliphatic carbocycles. The average Bonchev–Trinajstić information content (AvgIpc) is 2.14. The molecule has 4 nitrogen and oxygen atoms in total. The molecule has 1 aromatic heterocycles. The number of carbonyl (C=O) groups is 1. The first-order valence-corrected chi connectivity index (χ1v) is 5.40. The van der Waals surface area contributed by atoms with Crippen LogP contribution in [0.4, 0.5) is 13.2 Å². The Labute approximate surface area is 112 Å². The lowest BCUT2D eigenvalue weighted by Crippen LogP contribution is -2.19. The molecule has 0 aliphatic rings. The Morgan fingerprint density at radius 1 is 1.53 bits per heavy atom. The number of pyridine rings is 1. The summed E-state index contributed by atoms with van der Waals surface area (Å²) in [5.74, 6) is -0.771. The van der Waals surface area contributed by atoms with E-state index in [1.165, 1.54) is 7.11 Å². The van der Waals surface area contributed by atoms with Crippen LogP contribution in [0.5, 0.6) is 11.6 Å². The van der Waals surface area contributed by atoms with Crippen LogP contribution in [0.2, 0.25) is 0 Å². The molecular weight excluding hydrogens is 377 g/mol. The van der Waals surface area contributed by atoms with Gasteiger partial charge in [0.2, 0.25) is 5.88 Å². The molecule has 0 amide bonds. The van der Waals surface area contributed by atoms with Crippen LogP contribution in [0.3, 0.4) is 0 Å². The molecule has 17 heavy (non-hydrogen) atoms. The highest BCUT2D eigenvalue weighted by atomic mass is 127. The monoisotopic (exact) mass is 381 g/mol. The lowest BCUT2D eigenvalue weighted by atomic mass is 10.2. The number of carbonyl (C=O) groups excluding carboxylic acids is 1. The first-order valence-electron chi connectivity index (χ1n) is 3.94. The second kappa shape index (κ2) is 5.25. The van der Waals surface area contributed by atoms with Gasteiger partial charge in [-0.2, -0.15) is 0 Å². The predicted molar refractivity (Wildman–Crippen MR) is 60.4 cm³/mol. The van der Waals surface area contributed by atoms with E-state index in [9.17, 15) is 18.0 Å². The van der Waals surface area contributed by atoms with E-state index in [1.54, 1.807) is 22.6 Å². The lowest BCUT2D eigenvalue weighted by Gasteiger charge is -2.13. The number of nitrogens with zero attached hydrogens (tertiary/aromatic N) is 1. The zero-order chi connectivity index (χ0) is 13.2. The predicted octanol–water partition coefficient (Wildman–Crippen LogP) is 2.97. The van der Waals surface area contributed by atoms with Gasteiger partial charge >= 0.3 is 6.36 Å². The zero-order valence-electron chi connectivity index (χ0n) is 8.14. The summed E-state index contributed by atoms with van der Waals surface area (Å²) in [5, 5.41) is -1.09. The number of methoxy groups -OCH3 is 1. The Morgan fingerprint density at radius 2 is 2.12 bits per heavy atom. The number of hydrogen-bond acceptors (Lipinski definition) is 4. The van der Waals surface area contributed by atoms with Crippen LogP contribution < -0.4 is 9.47 Å². The smallest absolute Gasteiger partial charge is 0.480 e. The fourth-order valence-electron chi connectivity index (χ4n) is 0.981. The van der Waals surface area contributed by atoms with Gasteiger partial charge in [-0.05, 0) is 34.2 Å². The number of ether oxygens (including phenoxy) is 2. The highest BCUT2D eigenvalue weighted by Gasteiger charge is 2.34. The van der Waals surface area contributed by atoms with Crippen molar-refractivity contribution >= 4 is 39.4 Å². The van der Waals surface area contributed by atoms with E-state index in [1.807, 2.05) is 0 Å². The van der Waals surface area contributed by atoms with Crippen molar-refractivity contribution in [2.75, 3.05) is 7.11 Å². The molecular formula is C8H4ClF3INO3. The van der Waals surface area contributed by atoms with E-state index >= 15 is 0 Å². The van der Waals surface area contributed by atoms with Crippen molar-refractivity contribution in [1.29, 1.82) is 0 Å². The summed E-state index contributed by atoms with van der Waals surface area (Å²) in [4.78, 5) is 14.6. The van der Waals surface area contributed by atoms with Gasteiger partial charge in [-0.1, -0.05) is 0 Å². The standard InChI is InChI=1S/C8H4ClF3INO3/c1-16-7-5(13)4(6(9)15)3(2-14-7)17-8(10,11)12/h2H,1H3. The topological polar surface area (TPSA) is 48.4 Å². The van der Waals surface area contributed by atoms with Crippen LogP contribution in [0.25, 0.3) is 0 Å². The summed E-state index contributed by atoms with van der Waals surface area (Å²) in [5.41, 5.74) is -0.434. The van der Waals surface area contributed by atoms with Gasteiger partial charge in [0.1, 0.15) is 0 Å². The van der Waals surface area contributed by atoms with Crippen LogP contribution in [-0.2, 0) is 0 Å². The largest absolute Gasteiger partial charge is 0.573 e. The second-order valence-corrected chi connectivity index (χ2v) is 4.06. The third-order valence-electron chi connectivity index (χ3n) is 1.57. The van der Waals surface area contributed by atoms with Crippen molar-refractivity contribution < 1.29 is 27.4 Å². The molecule has 0 saturated carbocycles. The van der Waals surface area contributed by atoms with Crippen molar-refractivity contribution in [3.05, 3.63) is 15.3 Å². The Kier molecular flexibility index (Phi) is 4.42. The van der Waals surface area contributed by atoms with E-state index in [2.05, 4.69) is 9.72 Å². The van der Waals surface area contributed by atoms with E-state index in [4.69, 9.17) is 16.3 Å². The Balaban J connectivity index is 3.32. The molecule has 0 aliphatic heterocycles. The van der Waals surface area contributed by atoms with Crippen molar-refractivity contribution in [1.82, 2.24) is 4.98 Å². The maximum Gasteiger partial charge on any atom is 0.573 e. The highest BCUT2D eigenvalue weighted by molar-refractivity contribution is 14.1. The highest BCUT2D eigenvalue weighted by Crippen LogP contribution is 2.33. The average molecular weight is 381 g/mol. The van der Waals surface area contributed by atoms with Crippen molar-refractivity contribution in [3.8, 4) is 11.6 Å². The number of halogens is 5. The molecule has 94 valence electrons. The summed E-state index contributed by atoms with van der Waals surface area (Å²) in [6.07, 6.45) is -4.20. The minimum atomic E-state index is -4.93. The molecule has 1 aromatic rings. The molecule has 1 rings (SSSR count). The number of rotatable bonds is 3. The maximum atomic E-state index is 12.1. The molecule has 0 N–H and O–H groups in total. The summed E-state index contributed by atoms with van der Waals surface area (Å²) in [6, 6.07) is 0. The number of aromatic nitrogens is 1. The third kappa shape index (κ3) is 3.60. The quantitative estimate of drug-likeness (QED) is 0.597.